The summed E-state index contributed by atoms with van der Waals surface area (Å²) >= 11 is 12.4. The van der Waals surface area contributed by atoms with Crippen LogP contribution in [0.5, 0.6) is 34.5 Å². The van der Waals surface area contributed by atoms with Gasteiger partial charge in [0, 0.05) is 231 Å². The van der Waals surface area contributed by atoms with Gasteiger partial charge in [0.2, 0.25) is 0 Å². The molecule has 0 aliphatic carbocycles. The van der Waals surface area contributed by atoms with Crippen LogP contribution in [-0.4, -0.2) is 228 Å². The average molecular weight is 1890 g/mol. The van der Waals surface area contributed by atoms with E-state index in [0.717, 1.165) is 185 Å². The molecule has 0 bridgehead atoms. The Labute approximate surface area is 800 Å². The fourth-order valence-corrected chi connectivity index (χ4v) is 17.9. The summed E-state index contributed by atoms with van der Waals surface area (Å²) in [5.74, 6) is 3.77. The van der Waals surface area contributed by atoms with Crippen molar-refractivity contribution in [3.63, 3.8) is 0 Å². The van der Waals surface area contributed by atoms with Gasteiger partial charge in [0.15, 0.2) is 23.0 Å². The minimum Gasteiger partial charge on any atom is -0.495 e. The normalized spacial score (nSPS) is 15.6. The smallest absolute Gasteiger partial charge is 0.258 e. The maximum atomic E-state index is 12.8. The Morgan fingerprint density at radius 1 is 0.307 bits per heavy atom. The Morgan fingerprint density at radius 2 is 0.584 bits per heavy atom. The first-order valence-electron chi connectivity index (χ1n) is 45.9. The quantitative estimate of drug-likeness (QED) is 0.0533. The van der Waals surface area contributed by atoms with Crippen LogP contribution in [0.15, 0.2) is 243 Å². The van der Waals surface area contributed by atoms with E-state index in [0.29, 0.717) is 127 Å². The van der Waals surface area contributed by atoms with Crippen LogP contribution >= 0.6 is 23.2 Å². The molecule has 21 rings (SSSR count). The lowest BCUT2D eigenvalue weighted by molar-refractivity contribution is 0.311. The zero-order valence-electron chi connectivity index (χ0n) is 77.9. The monoisotopic (exact) mass is 1890 g/mol. The second-order valence-electron chi connectivity index (χ2n) is 33.7. The Bertz CT molecular complexity index is 7400. The number of fused-ring (bicyclic) bond motifs is 6. The van der Waals surface area contributed by atoms with E-state index in [1.807, 2.05) is 190 Å². The van der Waals surface area contributed by atoms with Crippen LogP contribution in [0.3, 0.4) is 0 Å². The molecule has 12 aromatic heterocycles. The lowest BCUT2D eigenvalue weighted by atomic mass is 10.1. The third kappa shape index (κ3) is 21.9. The number of piperazine rings is 5. The van der Waals surface area contributed by atoms with Gasteiger partial charge in [-0.05, 0) is 180 Å². The van der Waals surface area contributed by atoms with Crippen molar-refractivity contribution in [2.75, 3.05) is 184 Å². The zero-order chi connectivity index (χ0) is 95.3. The van der Waals surface area contributed by atoms with Crippen molar-refractivity contribution in [3.05, 3.63) is 287 Å². The molecule has 5 aliphatic rings. The number of halogens is 2. The third-order valence-electron chi connectivity index (χ3n) is 24.4. The van der Waals surface area contributed by atoms with Gasteiger partial charge in [0.25, 0.3) is 27.8 Å². The number of nitrogens with one attached hydrogen (secondary N) is 5. The van der Waals surface area contributed by atoms with Gasteiger partial charge in [0.1, 0.15) is 45.4 Å². The number of imidazole rings is 1. The summed E-state index contributed by atoms with van der Waals surface area (Å²) in [6, 6.07) is 54.1. The first-order chi connectivity index (χ1) is 66.6. The first kappa shape index (κ1) is 94.3. The second-order valence-corrected chi connectivity index (χ2v) is 34.5. The third-order valence-corrected chi connectivity index (χ3v) is 25.0. The van der Waals surface area contributed by atoms with Crippen LogP contribution < -0.4 is 107 Å². The summed E-state index contributed by atoms with van der Waals surface area (Å²) in [5, 5.41) is 17.8. The second kappa shape index (κ2) is 43.1. The summed E-state index contributed by atoms with van der Waals surface area (Å²) < 4.78 is 42.3. The molecule has 5 N–H and O–H groups in total. The molecule has 17 heterocycles. The SMILES string of the molecule is CCOc1cc(-c2cc(=O)n3cc(N4CCNCC4)ccc3n2)ccc1OC.CCOc1cc(-c2cc(=O)n3cc(N4CCN[C@@H](C)C4)ccc3n2)ccc1OC.COc1ccc(-c2cc(=O)n3cc(N4CCNCC4)ccc3n2)cc1Cl.COc1ccc(-c2cc(=O)n3cc(N4CCN[C@@H](C)C4)ccc3n2)cc1Cl.Cc1cn2cc(-c3cc(=O)n4cc(N5CCNCC5)ccc4n3)ccc2n1. The molecule has 708 valence electrons. The molecule has 5 saturated heterocycles. The van der Waals surface area contributed by atoms with Crippen LogP contribution in [-0.2, 0) is 0 Å². The fraction of sp³-hybridized carbons (Fsp3) is 0.304. The molecule has 0 spiro atoms. The Hall–Kier alpha value is -14.5. The minimum absolute atomic E-state index is 0.0751. The van der Waals surface area contributed by atoms with E-state index in [9.17, 15) is 24.0 Å². The highest BCUT2D eigenvalue weighted by atomic mass is 35.5. The van der Waals surface area contributed by atoms with Gasteiger partial charge in [-0.3, -0.25) is 46.0 Å². The van der Waals surface area contributed by atoms with Crippen molar-refractivity contribution in [2.24, 2.45) is 0 Å². The lowest BCUT2D eigenvalue weighted by Crippen LogP contribution is -2.49. The molecule has 0 amide bonds. The van der Waals surface area contributed by atoms with Gasteiger partial charge in [-0.15, -0.1) is 0 Å². The molecule has 5 aliphatic heterocycles. The maximum Gasteiger partial charge on any atom is 0.258 e. The number of benzene rings is 4. The van der Waals surface area contributed by atoms with Gasteiger partial charge in [-0.1, -0.05) is 23.2 Å². The molecule has 137 heavy (non-hydrogen) atoms. The van der Waals surface area contributed by atoms with Crippen LogP contribution in [0.1, 0.15) is 33.4 Å². The van der Waals surface area contributed by atoms with Crippen molar-refractivity contribution in [2.45, 2.75) is 46.7 Å². The Morgan fingerprint density at radius 3 is 0.883 bits per heavy atom. The minimum atomic E-state index is -0.119. The van der Waals surface area contributed by atoms with E-state index in [2.05, 4.69) is 84.9 Å². The zero-order valence-corrected chi connectivity index (χ0v) is 79.4. The van der Waals surface area contributed by atoms with E-state index in [4.69, 9.17) is 61.6 Å². The number of hydrogen-bond donors (Lipinski definition) is 5. The van der Waals surface area contributed by atoms with E-state index in [1.54, 1.807) is 92.9 Å². The highest BCUT2D eigenvalue weighted by Gasteiger charge is 2.24. The van der Waals surface area contributed by atoms with Crippen molar-refractivity contribution in [1.29, 1.82) is 0 Å². The largest absolute Gasteiger partial charge is 0.495 e. The molecule has 5 fully saturated rings. The van der Waals surface area contributed by atoms with Gasteiger partial charge >= 0.3 is 0 Å². The number of hydrogen-bond acceptors (Lipinski definition) is 27. The highest BCUT2D eigenvalue weighted by Crippen LogP contribution is 2.37. The van der Waals surface area contributed by atoms with Crippen LogP contribution in [0.25, 0.3) is 90.2 Å². The standard InChI is InChI=1S/C22H26N4O3.C21H24N4O3.C20H21ClN4O2.C20H20N6O.C19H19ClN4O2/c1-4-29-20-11-16(5-7-19(20)28-3)18-12-22(27)26-14-17(6-8-21(26)24-18)25-10-9-23-15(2)13-25;1-3-28-19-12-15(4-6-18(19)27-2)17-13-21(26)25-14-16(5-7-20(25)23-17)24-10-8-22-9-11-24;1-13-11-24(8-7-22-13)15-4-6-19-23-17(10-20(26)25(19)12-15)14-3-5-18(27-2)16(21)9-14;1-14-11-25-12-15(2-4-18(25)22-14)17-10-20(27)26-13-16(3-5-19(26)23-17)24-8-6-21-7-9-24;1-26-17-4-2-13(10-15(17)20)16-11-19(25)24-12-14(3-5-18(24)22-16)23-8-6-21-7-9-23/h5-8,11-12,14-15,23H,4,9-10,13H2,1-3H3;4-7,12-14,22H,3,8-11H2,1-2H3;3-6,9-10,12-13,22H,7-8,11H2,1-2H3;2-5,10-13,21H,6-9H2,1H3;2-5,10-12,21H,6-9H2,1H3/t15-;;13-;;/m0.0../s1. The molecule has 2 atom stereocenters. The number of aryl methyl sites for hydroxylation is 1. The van der Waals surface area contributed by atoms with Crippen molar-refractivity contribution in [3.8, 4) is 90.8 Å². The first-order valence-corrected chi connectivity index (χ1v) is 46.7. The summed E-state index contributed by atoms with van der Waals surface area (Å²) in [6.45, 7) is 28.0. The number of nitrogens with zero attached hydrogens (tertiary/aromatic N) is 17. The summed E-state index contributed by atoms with van der Waals surface area (Å²) in [7, 11) is 6.35. The number of pyridine rings is 6. The molecule has 33 nitrogen and oxygen atoms in total. The number of rotatable bonds is 18. The summed E-state index contributed by atoms with van der Waals surface area (Å²) in [5.41, 5.74) is 16.8. The number of aromatic nitrogens is 12. The molecule has 0 saturated carbocycles. The summed E-state index contributed by atoms with van der Waals surface area (Å²) in [6.07, 6.45) is 13.3. The Balaban J connectivity index is 0.000000119. The van der Waals surface area contributed by atoms with E-state index >= 15 is 0 Å². The molecule has 16 aromatic rings. The predicted molar refractivity (Wildman–Crippen MR) is 541 cm³/mol. The van der Waals surface area contributed by atoms with Crippen LogP contribution in [0.2, 0.25) is 10.0 Å². The van der Waals surface area contributed by atoms with Gasteiger partial charge in [-0.2, -0.15) is 0 Å². The molecule has 4 aromatic carbocycles. The van der Waals surface area contributed by atoms with Gasteiger partial charge < -0.3 is 83.9 Å². The molecule has 0 radical (unpaired) electrons. The lowest BCUT2D eigenvalue weighted by Gasteiger charge is -2.33. The number of anilines is 5. The fourth-order valence-electron chi connectivity index (χ4n) is 17.4. The van der Waals surface area contributed by atoms with Gasteiger partial charge in [0.05, 0.1) is 114 Å². The van der Waals surface area contributed by atoms with Crippen molar-refractivity contribution >= 4 is 85.5 Å². The Kier molecular flexibility index (Phi) is 29.6. The topological polar surface area (TPSA) is 321 Å². The molecule has 0 unspecified atom stereocenters. The molecular weight excluding hydrogens is 1780 g/mol. The predicted octanol–water partition coefficient (Wildman–Crippen LogP) is 11.7. The number of methoxy groups -OCH3 is 4. The summed E-state index contributed by atoms with van der Waals surface area (Å²) in [4.78, 5) is 103. The highest BCUT2D eigenvalue weighted by molar-refractivity contribution is 6.32. The molecular formula is C102H110Cl2N22O11. The average Bonchev–Trinajstić information content (AvgIpc) is 1.66. The maximum absolute atomic E-state index is 12.8. The van der Waals surface area contributed by atoms with Crippen LogP contribution in [0, 0.1) is 6.92 Å². The number of ether oxygens (including phenoxy) is 6. The van der Waals surface area contributed by atoms with Crippen molar-refractivity contribution in [1.82, 2.24) is 82.9 Å². The van der Waals surface area contributed by atoms with E-state index in [-0.39, 0.29) is 27.8 Å². The molecule has 35 heteroatoms. The van der Waals surface area contributed by atoms with Gasteiger partial charge in [-0.25, -0.2) is 29.9 Å². The van der Waals surface area contributed by atoms with Crippen LogP contribution in [0.4, 0.5) is 28.4 Å². The van der Waals surface area contributed by atoms with E-state index < -0.39 is 0 Å². The van der Waals surface area contributed by atoms with Crippen molar-refractivity contribution < 1.29 is 28.4 Å². The van der Waals surface area contributed by atoms with E-state index in [1.165, 1.54) is 12.1 Å².